The molecule has 1 saturated carbocycles. The molecule has 2 amide bonds. The Morgan fingerprint density at radius 1 is 1.17 bits per heavy atom. The van der Waals surface area contributed by atoms with Crippen LogP contribution in [0.15, 0.2) is 18.2 Å². The van der Waals surface area contributed by atoms with Crippen molar-refractivity contribution >= 4 is 11.8 Å². The number of amides is 2. The molecule has 2 heterocycles. The molecule has 2 aliphatic heterocycles. The largest absolute Gasteiger partial charge is 0.365 e. The second-order valence-electron chi connectivity index (χ2n) is 9.11. The van der Waals surface area contributed by atoms with Gasteiger partial charge in [0.1, 0.15) is 12.4 Å². The fourth-order valence-electron chi connectivity index (χ4n) is 4.42. The van der Waals surface area contributed by atoms with Crippen molar-refractivity contribution in [2.45, 2.75) is 38.7 Å². The Hall–Kier alpha value is -1.99. The van der Waals surface area contributed by atoms with Crippen molar-refractivity contribution in [2.75, 3.05) is 45.9 Å². The van der Waals surface area contributed by atoms with Gasteiger partial charge >= 0.3 is 0 Å². The molecule has 1 unspecified atom stereocenters. The summed E-state index contributed by atoms with van der Waals surface area (Å²) in [5.74, 6) is 0.484. The molecule has 164 valence electrons. The number of likely N-dealkylation sites (tertiary alicyclic amines) is 1. The third kappa shape index (κ3) is 5.58. The van der Waals surface area contributed by atoms with Gasteiger partial charge < -0.3 is 19.9 Å². The number of piperidine rings is 1. The van der Waals surface area contributed by atoms with Gasteiger partial charge in [-0.25, -0.2) is 4.39 Å². The van der Waals surface area contributed by atoms with Gasteiger partial charge in [-0.1, -0.05) is 6.07 Å². The van der Waals surface area contributed by atoms with Crippen molar-refractivity contribution in [3.8, 4) is 0 Å². The molecule has 1 aromatic rings. The predicted octanol–water partition coefficient (Wildman–Crippen LogP) is 2.21. The van der Waals surface area contributed by atoms with Crippen molar-refractivity contribution in [2.24, 2.45) is 11.8 Å². The molecular formula is C23H32FN3O3. The van der Waals surface area contributed by atoms with E-state index in [9.17, 15) is 14.0 Å². The molecule has 2 saturated heterocycles. The van der Waals surface area contributed by atoms with Crippen LogP contribution in [-0.4, -0.2) is 73.6 Å². The maximum atomic E-state index is 14.0. The van der Waals surface area contributed by atoms with E-state index in [1.807, 2.05) is 4.90 Å². The number of rotatable bonds is 7. The number of aryl methyl sites for hydroxylation is 1. The fraction of sp³-hybridized carbons (Fsp3) is 0.652. The van der Waals surface area contributed by atoms with Gasteiger partial charge in [0, 0.05) is 26.2 Å². The lowest BCUT2D eigenvalue weighted by Crippen LogP contribution is -2.52. The number of hydrogen-bond donors (Lipinski definition) is 1. The van der Waals surface area contributed by atoms with Crippen molar-refractivity contribution in [3.05, 3.63) is 35.1 Å². The Kier molecular flexibility index (Phi) is 6.68. The molecule has 1 atom stereocenters. The first kappa shape index (κ1) is 21.2. The summed E-state index contributed by atoms with van der Waals surface area (Å²) in [6.45, 7) is 6.81. The first-order valence-corrected chi connectivity index (χ1v) is 11.1. The van der Waals surface area contributed by atoms with Crippen LogP contribution in [0, 0.1) is 24.6 Å². The Labute approximate surface area is 177 Å². The number of nitrogens with zero attached hydrogens (tertiary/aromatic N) is 2. The van der Waals surface area contributed by atoms with Gasteiger partial charge in [-0.3, -0.25) is 9.59 Å². The van der Waals surface area contributed by atoms with E-state index < -0.39 is 11.7 Å². The number of carbonyl (C=O) groups is 2. The minimum Gasteiger partial charge on any atom is -0.365 e. The molecule has 1 N–H and O–H groups in total. The van der Waals surface area contributed by atoms with Crippen LogP contribution in [-0.2, 0) is 9.53 Å². The molecule has 0 aromatic heterocycles. The van der Waals surface area contributed by atoms with Crippen LogP contribution in [0.1, 0.15) is 41.6 Å². The lowest BCUT2D eigenvalue weighted by Gasteiger charge is -2.38. The zero-order valence-electron chi connectivity index (χ0n) is 17.7. The van der Waals surface area contributed by atoms with E-state index in [1.54, 1.807) is 13.0 Å². The van der Waals surface area contributed by atoms with Gasteiger partial charge in [0.25, 0.3) is 5.91 Å². The van der Waals surface area contributed by atoms with Gasteiger partial charge in [0.05, 0.1) is 11.7 Å². The number of ether oxygens (including phenoxy) is 1. The summed E-state index contributed by atoms with van der Waals surface area (Å²) in [7, 11) is 0. The number of halogens is 1. The summed E-state index contributed by atoms with van der Waals surface area (Å²) in [6.07, 6.45) is 4.76. The van der Waals surface area contributed by atoms with Crippen LogP contribution in [0.2, 0.25) is 0 Å². The minimum absolute atomic E-state index is 0.0163. The van der Waals surface area contributed by atoms with E-state index in [0.717, 1.165) is 44.0 Å². The first-order valence-electron chi connectivity index (χ1n) is 11.1. The van der Waals surface area contributed by atoms with Crippen LogP contribution in [0.5, 0.6) is 0 Å². The third-order valence-electron chi connectivity index (χ3n) is 6.48. The quantitative estimate of drug-likeness (QED) is 0.739. The maximum Gasteiger partial charge on any atom is 0.254 e. The second kappa shape index (κ2) is 9.43. The lowest BCUT2D eigenvalue weighted by atomic mass is 9.95. The van der Waals surface area contributed by atoms with Gasteiger partial charge in [-0.05, 0) is 75.2 Å². The van der Waals surface area contributed by atoms with Crippen LogP contribution in [0.25, 0.3) is 0 Å². The van der Waals surface area contributed by atoms with E-state index in [4.69, 9.17) is 4.74 Å². The van der Waals surface area contributed by atoms with Crippen LogP contribution in [0.4, 0.5) is 4.39 Å². The first-order chi connectivity index (χ1) is 14.5. The Morgan fingerprint density at radius 2 is 1.90 bits per heavy atom. The van der Waals surface area contributed by atoms with E-state index in [-0.39, 0.29) is 30.7 Å². The van der Waals surface area contributed by atoms with E-state index in [0.29, 0.717) is 12.5 Å². The Morgan fingerprint density at radius 3 is 2.60 bits per heavy atom. The van der Waals surface area contributed by atoms with Crippen LogP contribution < -0.4 is 5.32 Å². The third-order valence-corrected chi connectivity index (χ3v) is 6.48. The van der Waals surface area contributed by atoms with Gasteiger partial charge in [-0.2, -0.15) is 0 Å². The summed E-state index contributed by atoms with van der Waals surface area (Å²) in [5, 5.41) is 2.75. The zero-order valence-corrected chi connectivity index (χ0v) is 17.7. The normalized spacial score (nSPS) is 23.6. The average Bonchev–Trinajstić information content (AvgIpc) is 3.54. The minimum atomic E-state index is -0.526. The highest BCUT2D eigenvalue weighted by Crippen LogP contribution is 2.31. The monoisotopic (exact) mass is 417 g/mol. The SMILES string of the molecule is Cc1ccc(C(=O)NCC2CN(CC3CCN(CC4CC4)CC3)C(=O)CO2)c(F)c1. The highest BCUT2D eigenvalue weighted by Gasteiger charge is 2.31. The summed E-state index contributed by atoms with van der Waals surface area (Å²) < 4.78 is 19.6. The van der Waals surface area contributed by atoms with Gasteiger partial charge in [-0.15, -0.1) is 0 Å². The Bertz CT molecular complexity index is 775. The van der Waals surface area contributed by atoms with Crippen molar-refractivity contribution in [3.63, 3.8) is 0 Å². The van der Waals surface area contributed by atoms with Crippen molar-refractivity contribution < 1.29 is 18.7 Å². The van der Waals surface area contributed by atoms with E-state index in [1.165, 1.54) is 31.5 Å². The van der Waals surface area contributed by atoms with Crippen LogP contribution >= 0.6 is 0 Å². The highest BCUT2D eigenvalue weighted by atomic mass is 19.1. The number of nitrogens with one attached hydrogen (secondary N) is 1. The fourth-order valence-corrected chi connectivity index (χ4v) is 4.42. The molecule has 6 nitrogen and oxygen atoms in total. The molecule has 0 radical (unpaired) electrons. The molecular weight excluding hydrogens is 385 g/mol. The molecule has 3 aliphatic rings. The number of benzene rings is 1. The highest BCUT2D eigenvalue weighted by molar-refractivity contribution is 5.94. The topological polar surface area (TPSA) is 61.9 Å². The molecule has 4 rings (SSSR count). The molecule has 3 fully saturated rings. The van der Waals surface area contributed by atoms with Crippen LogP contribution in [0.3, 0.4) is 0 Å². The second-order valence-corrected chi connectivity index (χ2v) is 9.11. The average molecular weight is 418 g/mol. The van der Waals surface area contributed by atoms with Gasteiger partial charge in [0.2, 0.25) is 5.91 Å². The molecule has 1 aliphatic carbocycles. The summed E-state index contributed by atoms with van der Waals surface area (Å²) in [6, 6.07) is 4.56. The smallest absolute Gasteiger partial charge is 0.254 e. The maximum absolute atomic E-state index is 14.0. The Balaban J connectivity index is 1.23. The molecule has 7 heteroatoms. The number of hydrogen-bond acceptors (Lipinski definition) is 4. The molecule has 0 bridgehead atoms. The molecule has 30 heavy (non-hydrogen) atoms. The summed E-state index contributed by atoms with van der Waals surface area (Å²) >= 11 is 0. The predicted molar refractivity (Wildman–Crippen MR) is 112 cm³/mol. The van der Waals surface area contributed by atoms with E-state index in [2.05, 4.69) is 10.2 Å². The number of carbonyl (C=O) groups excluding carboxylic acids is 2. The van der Waals surface area contributed by atoms with Gasteiger partial charge in [0.15, 0.2) is 0 Å². The lowest BCUT2D eigenvalue weighted by molar-refractivity contribution is -0.149. The summed E-state index contributed by atoms with van der Waals surface area (Å²) in [5.41, 5.74) is 0.800. The van der Waals surface area contributed by atoms with Crippen molar-refractivity contribution in [1.29, 1.82) is 0 Å². The zero-order chi connectivity index (χ0) is 21.1. The summed E-state index contributed by atoms with van der Waals surface area (Å²) in [4.78, 5) is 29.1. The number of morpholine rings is 1. The van der Waals surface area contributed by atoms with Crippen molar-refractivity contribution in [1.82, 2.24) is 15.1 Å². The molecule has 1 aromatic carbocycles. The molecule has 0 spiro atoms. The standard InChI is InChI=1S/C23H32FN3O3/c1-16-2-5-20(21(24)10-16)23(29)25-11-19-14-27(22(28)15-30-19)13-18-6-8-26(9-7-18)12-17-3-4-17/h2,5,10,17-19H,3-4,6-9,11-15H2,1H3,(H,25,29). The van der Waals surface area contributed by atoms with E-state index >= 15 is 0 Å².